The van der Waals surface area contributed by atoms with Gasteiger partial charge in [0.15, 0.2) is 0 Å². The van der Waals surface area contributed by atoms with Crippen LogP contribution >= 0.6 is 11.3 Å². The van der Waals surface area contributed by atoms with E-state index in [1.165, 1.54) is 10.4 Å². The molecular weight excluding hydrogens is 244 g/mol. The minimum absolute atomic E-state index is 0.671. The van der Waals surface area contributed by atoms with E-state index in [4.69, 9.17) is 10.5 Å². The first kappa shape index (κ1) is 13.1. The summed E-state index contributed by atoms with van der Waals surface area (Å²) >= 11 is 1.71. The van der Waals surface area contributed by atoms with Crippen molar-refractivity contribution in [3.8, 4) is 16.3 Å². The molecule has 1 aromatic heterocycles. The number of nitrogens with two attached hydrogens (primary N) is 1. The van der Waals surface area contributed by atoms with E-state index in [0.29, 0.717) is 6.54 Å². The summed E-state index contributed by atoms with van der Waals surface area (Å²) in [4.78, 5) is 5.70. The Hall–Kier alpha value is -1.39. The van der Waals surface area contributed by atoms with Gasteiger partial charge >= 0.3 is 0 Å². The summed E-state index contributed by atoms with van der Waals surface area (Å²) in [5, 5.41) is 1.05. The third-order valence-corrected chi connectivity index (χ3v) is 3.96. The average Bonchev–Trinajstić information content (AvgIpc) is 2.87. The molecule has 0 aliphatic carbocycles. The Morgan fingerprint density at radius 2 is 2.22 bits per heavy atom. The SMILES string of the molecule is CCc1cc(-c2ncc(CCN)s2)ccc1OC. The van der Waals surface area contributed by atoms with Gasteiger partial charge in [0.1, 0.15) is 10.8 Å². The molecule has 2 aromatic rings. The largest absolute Gasteiger partial charge is 0.496 e. The molecule has 3 nitrogen and oxygen atoms in total. The zero-order valence-electron chi connectivity index (χ0n) is 10.8. The second-order valence-corrected chi connectivity index (χ2v) is 5.17. The highest BCUT2D eigenvalue weighted by Crippen LogP contribution is 2.29. The Kier molecular flexibility index (Phi) is 4.33. The molecule has 0 fully saturated rings. The lowest BCUT2D eigenvalue weighted by atomic mass is 10.1. The maximum Gasteiger partial charge on any atom is 0.123 e. The van der Waals surface area contributed by atoms with Crippen molar-refractivity contribution in [2.24, 2.45) is 5.73 Å². The number of aryl methyl sites for hydroxylation is 1. The van der Waals surface area contributed by atoms with Gasteiger partial charge < -0.3 is 10.5 Å². The quantitative estimate of drug-likeness (QED) is 0.901. The van der Waals surface area contributed by atoms with Crippen LogP contribution in [0.15, 0.2) is 24.4 Å². The van der Waals surface area contributed by atoms with E-state index in [9.17, 15) is 0 Å². The van der Waals surface area contributed by atoms with Gasteiger partial charge in [-0.15, -0.1) is 11.3 Å². The molecule has 4 heteroatoms. The minimum atomic E-state index is 0.671. The Morgan fingerprint density at radius 1 is 1.39 bits per heavy atom. The van der Waals surface area contributed by atoms with Crippen LogP contribution in [0.5, 0.6) is 5.75 Å². The average molecular weight is 262 g/mol. The van der Waals surface area contributed by atoms with Gasteiger partial charge in [0, 0.05) is 16.6 Å². The zero-order valence-corrected chi connectivity index (χ0v) is 11.6. The fourth-order valence-corrected chi connectivity index (χ4v) is 2.81. The van der Waals surface area contributed by atoms with Crippen molar-refractivity contribution >= 4 is 11.3 Å². The van der Waals surface area contributed by atoms with Crippen LogP contribution in [0.3, 0.4) is 0 Å². The van der Waals surface area contributed by atoms with Crippen LogP contribution in [0.2, 0.25) is 0 Å². The molecule has 0 radical (unpaired) electrons. The van der Waals surface area contributed by atoms with Crippen molar-refractivity contribution in [2.45, 2.75) is 19.8 Å². The molecule has 0 aliphatic heterocycles. The number of aromatic nitrogens is 1. The summed E-state index contributed by atoms with van der Waals surface area (Å²) in [5.74, 6) is 0.944. The second kappa shape index (κ2) is 5.98. The third-order valence-electron chi connectivity index (χ3n) is 2.85. The van der Waals surface area contributed by atoms with Gasteiger partial charge in [-0.2, -0.15) is 0 Å². The molecule has 0 saturated carbocycles. The maximum absolute atomic E-state index is 5.55. The van der Waals surface area contributed by atoms with Gasteiger partial charge in [-0.3, -0.25) is 0 Å². The predicted octanol–water partition coefficient (Wildman–Crippen LogP) is 2.88. The third kappa shape index (κ3) is 2.71. The molecular formula is C14H18N2OS. The molecule has 1 heterocycles. The van der Waals surface area contributed by atoms with E-state index in [2.05, 4.69) is 24.0 Å². The molecule has 0 bridgehead atoms. The first-order chi connectivity index (χ1) is 8.78. The van der Waals surface area contributed by atoms with Gasteiger partial charge in [-0.05, 0) is 43.1 Å². The van der Waals surface area contributed by atoms with Gasteiger partial charge in [0.05, 0.1) is 7.11 Å². The Bertz CT molecular complexity index is 522. The number of benzene rings is 1. The summed E-state index contributed by atoms with van der Waals surface area (Å²) < 4.78 is 5.34. The number of ether oxygens (including phenoxy) is 1. The number of rotatable bonds is 5. The minimum Gasteiger partial charge on any atom is -0.496 e. The topological polar surface area (TPSA) is 48.1 Å². The van der Waals surface area contributed by atoms with E-state index in [1.54, 1.807) is 18.4 Å². The van der Waals surface area contributed by atoms with Crippen LogP contribution in [0.4, 0.5) is 0 Å². The van der Waals surface area contributed by atoms with Crippen LogP contribution in [0.25, 0.3) is 10.6 Å². The molecule has 0 saturated heterocycles. The van der Waals surface area contributed by atoms with Gasteiger partial charge in [-0.25, -0.2) is 4.98 Å². The Morgan fingerprint density at radius 3 is 2.89 bits per heavy atom. The van der Waals surface area contributed by atoms with E-state index in [1.807, 2.05) is 12.3 Å². The van der Waals surface area contributed by atoms with E-state index in [0.717, 1.165) is 29.2 Å². The molecule has 96 valence electrons. The van der Waals surface area contributed by atoms with E-state index < -0.39 is 0 Å². The number of nitrogens with zero attached hydrogens (tertiary/aromatic N) is 1. The lowest BCUT2D eigenvalue weighted by Crippen LogP contribution is -2.00. The molecule has 0 unspecified atom stereocenters. The van der Waals surface area contributed by atoms with Crippen LogP contribution in [0.1, 0.15) is 17.4 Å². The van der Waals surface area contributed by atoms with Crippen molar-refractivity contribution < 1.29 is 4.74 Å². The highest BCUT2D eigenvalue weighted by atomic mass is 32.1. The monoisotopic (exact) mass is 262 g/mol. The summed E-state index contributed by atoms with van der Waals surface area (Å²) in [5.41, 5.74) is 7.92. The van der Waals surface area contributed by atoms with Gasteiger partial charge in [0.25, 0.3) is 0 Å². The molecule has 2 rings (SSSR count). The van der Waals surface area contributed by atoms with Crippen LogP contribution < -0.4 is 10.5 Å². The Balaban J connectivity index is 2.31. The summed E-state index contributed by atoms with van der Waals surface area (Å²) in [6.45, 7) is 2.80. The number of hydrogen-bond acceptors (Lipinski definition) is 4. The Labute approximate surface area is 112 Å². The highest BCUT2D eigenvalue weighted by Gasteiger charge is 2.08. The molecule has 0 aliphatic rings. The van der Waals surface area contributed by atoms with Gasteiger partial charge in [-0.1, -0.05) is 6.92 Å². The van der Waals surface area contributed by atoms with E-state index >= 15 is 0 Å². The number of hydrogen-bond donors (Lipinski definition) is 1. The number of methoxy groups -OCH3 is 1. The van der Waals surface area contributed by atoms with Crippen LogP contribution in [0, 0.1) is 0 Å². The first-order valence-electron chi connectivity index (χ1n) is 6.10. The fourth-order valence-electron chi connectivity index (χ4n) is 1.89. The fraction of sp³-hybridized carbons (Fsp3) is 0.357. The molecule has 0 atom stereocenters. The maximum atomic E-state index is 5.55. The van der Waals surface area contributed by atoms with Crippen molar-refractivity contribution in [3.63, 3.8) is 0 Å². The normalized spacial score (nSPS) is 10.6. The number of thiazole rings is 1. The first-order valence-corrected chi connectivity index (χ1v) is 6.92. The van der Waals surface area contributed by atoms with Crippen molar-refractivity contribution in [2.75, 3.05) is 13.7 Å². The lowest BCUT2D eigenvalue weighted by Gasteiger charge is -2.07. The molecule has 18 heavy (non-hydrogen) atoms. The molecule has 0 spiro atoms. The summed E-state index contributed by atoms with van der Waals surface area (Å²) in [7, 11) is 1.71. The van der Waals surface area contributed by atoms with Crippen LogP contribution in [-0.2, 0) is 12.8 Å². The molecule has 0 amide bonds. The van der Waals surface area contributed by atoms with E-state index in [-0.39, 0.29) is 0 Å². The smallest absolute Gasteiger partial charge is 0.123 e. The second-order valence-electron chi connectivity index (χ2n) is 4.05. The zero-order chi connectivity index (χ0) is 13.0. The van der Waals surface area contributed by atoms with Gasteiger partial charge in [0.2, 0.25) is 0 Å². The molecule has 1 aromatic carbocycles. The standard InChI is InChI=1S/C14H18N2OS/c1-3-10-8-11(4-5-13(10)17-2)14-16-9-12(18-14)6-7-15/h4-5,8-9H,3,6-7,15H2,1-2H3. The highest BCUT2D eigenvalue weighted by molar-refractivity contribution is 7.15. The summed E-state index contributed by atoms with van der Waals surface area (Å²) in [6, 6.07) is 6.23. The van der Waals surface area contributed by atoms with Crippen molar-refractivity contribution in [1.82, 2.24) is 4.98 Å². The van der Waals surface area contributed by atoms with Crippen molar-refractivity contribution in [3.05, 3.63) is 34.8 Å². The lowest BCUT2D eigenvalue weighted by molar-refractivity contribution is 0.410. The summed E-state index contributed by atoms with van der Waals surface area (Å²) in [6.07, 6.45) is 3.77. The molecule has 2 N–H and O–H groups in total. The predicted molar refractivity (Wildman–Crippen MR) is 76.2 cm³/mol. The van der Waals surface area contributed by atoms with Crippen LogP contribution in [-0.4, -0.2) is 18.6 Å². The van der Waals surface area contributed by atoms with Crippen molar-refractivity contribution in [1.29, 1.82) is 0 Å².